The number of hydrogen-bond donors (Lipinski definition) is 3. The number of morpholine rings is 1. The van der Waals surface area contributed by atoms with E-state index in [-0.39, 0.29) is 24.2 Å². The molecule has 3 heterocycles. The number of amides is 3. The van der Waals surface area contributed by atoms with Crippen LogP contribution in [0.1, 0.15) is 29.9 Å². The molecular formula is C33H34Cl2N6O5. The number of aromatic nitrogens is 2. The van der Waals surface area contributed by atoms with Gasteiger partial charge in [0.15, 0.2) is 5.69 Å². The maximum atomic E-state index is 14.2. The first-order valence-electron chi connectivity index (χ1n) is 14.8. The monoisotopic (exact) mass is 664 g/mol. The van der Waals surface area contributed by atoms with Crippen molar-refractivity contribution in [3.8, 4) is 39.6 Å². The summed E-state index contributed by atoms with van der Waals surface area (Å²) in [5, 5.41) is 11.3. The van der Waals surface area contributed by atoms with Gasteiger partial charge in [0.1, 0.15) is 18.1 Å². The fraction of sp³-hybridized carbons (Fsp3) is 0.303. The summed E-state index contributed by atoms with van der Waals surface area (Å²) < 4.78 is 19.4. The van der Waals surface area contributed by atoms with E-state index in [1.807, 2.05) is 44.2 Å². The number of nitrogens with zero attached hydrogens (tertiary/aromatic N) is 3. The molecule has 0 atom stereocenters. The third-order valence-corrected chi connectivity index (χ3v) is 8.39. The Morgan fingerprint density at radius 3 is 2.59 bits per heavy atom. The van der Waals surface area contributed by atoms with Crippen LogP contribution in [0.3, 0.4) is 0 Å². The van der Waals surface area contributed by atoms with Crippen LogP contribution in [-0.4, -0.2) is 72.1 Å². The Balaban J connectivity index is 1.51. The van der Waals surface area contributed by atoms with Gasteiger partial charge < -0.3 is 35.5 Å². The fourth-order valence-corrected chi connectivity index (χ4v) is 6.30. The number of nitrogens with one attached hydrogen (secondary N) is 2. The van der Waals surface area contributed by atoms with E-state index in [9.17, 15) is 9.59 Å². The average Bonchev–Trinajstić information content (AvgIpc) is 3.42. The van der Waals surface area contributed by atoms with Crippen molar-refractivity contribution in [3.05, 3.63) is 75.9 Å². The second-order valence-corrected chi connectivity index (χ2v) is 12.5. The molecule has 4 N–H and O–H groups in total. The lowest BCUT2D eigenvalue weighted by atomic mass is 9.95. The first-order chi connectivity index (χ1) is 22.1. The predicted molar refractivity (Wildman–Crippen MR) is 177 cm³/mol. The molecule has 11 nitrogen and oxygen atoms in total. The third kappa shape index (κ3) is 6.11. The summed E-state index contributed by atoms with van der Waals surface area (Å²) in [7, 11) is 1.58. The van der Waals surface area contributed by atoms with Crippen LogP contribution in [0.4, 0.5) is 10.5 Å². The van der Waals surface area contributed by atoms with Gasteiger partial charge >= 0.3 is 6.03 Å². The van der Waals surface area contributed by atoms with Crippen molar-refractivity contribution in [2.24, 2.45) is 5.73 Å². The highest BCUT2D eigenvalue weighted by Crippen LogP contribution is 2.46. The minimum Gasteiger partial charge on any atom is -0.496 e. The molecule has 3 amide bonds. The SMILES string of the molecule is COc1cc2c(cc1-c1cccc(NC(=O)NCCN)c1)-c1c(c(C(=O)N3CCOCC3(C)C)nn1-c1cc(Cl)cc(Cl)c1)CO2. The lowest BCUT2D eigenvalue weighted by Gasteiger charge is -2.41. The van der Waals surface area contributed by atoms with Gasteiger partial charge in [0, 0.05) is 58.1 Å². The molecule has 46 heavy (non-hydrogen) atoms. The summed E-state index contributed by atoms with van der Waals surface area (Å²) in [6.07, 6.45) is 0. The molecule has 2 aliphatic rings. The van der Waals surface area contributed by atoms with Crippen LogP contribution < -0.4 is 25.8 Å². The number of halogens is 2. The highest BCUT2D eigenvalue weighted by Gasteiger charge is 2.39. The van der Waals surface area contributed by atoms with Gasteiger partial charge in [0.2, 0.25) is 0 Å². The van der Waals surface area contributed by atoms with Gasteiger partial charge in [-0.25, -0.2) is 9.48 Å². The van der Waals surface area contributed by atoms with E-state index in [4.69, 9.17) is 48.2 Å². The molecule has 0 radical (unpaired) electrons. The van der Waals surface area contributed by atoms with Crippen LogP contribution >= 0.6 is 23.2 Å². The predicted octanol–water partition coefficient (Wildman–Crippen LogP) is 5.75. The van der Waals surface area contributed by atoms with Crippen LogP contribution in [0.5, 0.6) is 11.5 Å². The Kier molecular flexibility index (Phi) is 8.84. The number of ether oxygens (including phenoxy) is 3. The summed E-state index contributed by atoms with van der Waals surface area (Å²) in [6, 6.07) is 15.9. The van der Waals surface area contributed by atoms with E-state index in [1.165, 1.54) is 0 Å². The van der Waals surface area contributed by atoms with Crippen LogP contribution in [0, 0.1) is 0 Å². The lowest BCUT2D eigenvalue weighted by molar-refractivity contribution is -0.0374. The molecular weight excluding hydrogens is 631 g/mol. The molecule has 3 aromatic carbocycles. The number of nitrogens with two attached hydrogens (primary N) is 1. The fourth-order valence-electron chi connectivity index (χ4n) is 5.78. The van der Waals surface area contributed by atoms with Gasteiger partial charge in [0.25, 0.3) is 5.91 Å². The molecule has 1 fully saturated rings. The van der Waals surface area contributed by atoms with Crippen molar-refractivity contribution in [2.45, 2.75) is 26.0 Å². The number of carbonyl (C=O) groups is 2. The number of benzene rings is 3. The van der Waals surface area contributed by atoms with Gasteiger partial charge in [-0.05, 0) is 55.8 Å². The standard InChI is InChI=1S/C33H34Cl2N6O5/c1-33(2)18-45-10-9-40(33)31(42)29-26-17-46-28-16-27(44-3)24(19-5-4-6-22(11-19)38-32(43)37-8-7-36)15-25(28)30(26)41(39-29)23-13-20(34)12-21(35)14-23/h4-6,11-16H,7-10,17-18,36H2,1-3H3,(H2,37,38,43). The Morgan fingerprint density at radius 2 is 1.87 bits per heavy atom. The first kappa shape index (κ1) is 31.7. The summed E-state index contributed by atoms with van der Waals surface area (Å²) in [4.78, 5) is 28.3. The number of urea groups is 1. The van der Waals surface area contributed by atoms with Gasteiger partial charge in [-0.3, -0.25) is 4.79 Å². The van der Waals surface area contributed by atoms with E-state index < -0.39 is 5.54 Å². The van der Waals surface area contributed by atoms with Crippen LogP contribution in [0.2, 0.25) is 10.0 Å². The largest absolute Gasteiger partial charge is 0.496 e. The van der Waals surface area contributed by atoms with Crippen molar-refractivity contribution in [3.63, 3.8) is 0 Å². The summed E-state index contributed by atoms with van der Waals surface area (Å²) in [5.41, 5.74) is 9.97. The van der Waals surface area contributed by atoms with Crippen molar-refractivity contribution >= 4 is 40.8 Å². The molecule has 240 valence electrons. The minimum atomic E-state index is -0.528. The van der Waals surface area contributed by atoms with Crippen LogP contribution in [0.15, 0.2) is 54.6 Å². The highest BCUT2D eigenvalue weighted by molar-refractivity contribution is 6.34. The highest BCUT2D eigenvalue weighted by atomic mass is 35.5. The van der Waals surface area contributed by atoms with E-state index in [0.717, 1.165) is 11.1 Å². The summed E-state index contributed by atoms with van der Waals surface area (Å²) in [5.74, 6) is 0.905. The van der Waals surface area contributed by atoms with Crippen LogP contribution in [-0.2, 0) is 11.3 Å². The third-order valence-electron chi connectivity index (χ3n) is 7.96. The van der Waals surface area contributed by atoms with E-state index in [0.29, 0.717) is 82.6 Å². The smallest absolute Gasteiger partial charge is 0.319 e. The second kappa shape index (κ2) is 12.8. The van der Waals surface area contributed by atoms with Crippen molar-refractivity contribution in [1.29, 1.82) is 0 Å². The molecule has 1 saturated heterocycles. The molecule has 0 bridgehead atoms. The van der Waals surface area contributed by atoms with E-state index >= 15 is 0 Å². The number of fused-ring (bicyclic) bond motifs is 3. The Labute approximate surface area is 276 Å². The van der Waals surface area contributed by atoms with Crippen LogP contribution in [0.25, 0.3) is 28.1 Å². The Morgan fingerprint density at radius 1 is 1.09 bits per heavy atom. The Bertz CT molecular complexity index is 1800. The number of carbonyl (C=O) groups excluding carboxylic acids is 2. The zero-order valence-corrected chi connectivity index (χ0v) is 27.2. The quantitative estimate of drug-likeness (QED) is 0.229. The molecule has 6 rings (SSSR count). The van der Waals surface area contributed by atoms with Gasteiger partial charge in [0.05, 0.1) is 37.2 Å². The first-order valence-corrected chi connectivity index (χ1v) is 15.5. The molecule has 13 heteroatoms. The topological polar surface area (TPSA) is 133 Å². The molecule has 0 spiro atoms. The maximum Gasteiger partial charge on any atom is 0.319 e. The minimum absolute atomic E-state index is 0.113. The summed E-state index contributed by atoms with van der Waals surface area (Å²) >= 11 is 12.9. The van der Waals surface area contributed by atoms with E-state index in [2.05, 4.69) is 10.6 Å². The lowest BCUT2D eigenvalue weighted by Crippen LogP contribution is -2.55. The summed E-state index contributed by atoms with van der Waals surface area (Å²) in [6.45, 7) is 6.03. The average molecular weight is 666 g/mol. The molecule has 0 saturated carbocycles. The molecule has 0 aliphatic carbocycles. The number of rotatable bonds is 7. The van der Waals surface area contributed by atoms with Crippen molar-refractivity contribution < 1.29 is 23.8 Å². The Hall–Kier alpha value is -4.29. The number of methoxy groups -OCH3 is 1. The molecule has 2 aliphatic heterocycles. The van der Waals surface area contributed by atoms with Gasteiger partial charge in [-0.1, -0.05) is 35.3 Å². The second-order valence-electron chi connectivity index (χ2n) is 11.6. The zero-order valence-electron chi connectivity index (χ0n) is 25.7. The van der Waals surface area contributed by atoms with Gasteiger partial charge in [-0.2, -0.15) is 5.10 Å². The molecule has 4 aromatic rings. The molecule has 0 unspecified atom stereocenters. The number of anilines is 1. The van der Waals surface area contributed by atoms with Crippen molar-refractivity contribution in [2.75, 3.05) is 45.3 Å². The van der Waals surface area contributed by atoms with Gasteiger partial charge in [-0.15, -0.1) is 0 Å². The van der Waals surface area contributed by atoms with E-state index in [1.54, 1.807) is 41.0 Å². The maximum absolute atomic E-state index is 14.2. The normalized spacial score (nSPS) is 15.0. The molecule has 1 aromatic heterocycles. The zero-order chi connectivity index (χ0) is 32.6. The van der Waals surface area contributed by atoms with Crippen molar-refractivity contribution in [1.82, 2.24) is 20.0 Å². The number of hydrogen-bond acceptors (Lipinski definition) is 7.